The molecule has 0 bridgehead atoms. The van der Waals surface area contributed by atoms with E-state index in [1.165, 1.54) is 33.4 Å². The quantitative estimate of drug-likeness (QED) is 0.244. The molecule has 0 unspecified atom stereocenters. The Kier molecular flexibility index (Phi) is 5.73. The third-order valence-corrected chi connectivity index (χ3v) is 8.60. The Morgan fingerprint density at radius 2 is 1.29 bits per heavy atom. The Bertz CT molecular complexity index is 1880. The number of anilines is 2. The van der Waals surface area contributed by atoms with Crippen LogP contribution >= 0.6 is 0 Å². The first-order chi connectivity index (χ1) is 19.7. The zero-order valence-electron chi connectivity index (χ0n) is 24.4. The summed E-state index contributed by atoms with van der Waals surface area (Å²) < 4.78 is 6.32. The highest BCUT2D eigenvalue weighted by molar-refractivity contribution is 5.87. The monoisotopic (exact) mass is 533 g/mol. The molecule has 41 heavy (non-hydrogen) atoms. The largest absolute Gasteiger partial charge is 0.456 e. The average molecular weight is 534 g/mol. The fourth-order valence-electron chi connectivity index (χ4n) is 6.24. The van der Waals surface area contributed by atoms with Crippen molar-refractivity contribution in [2.45, 2.75) is 45.4 Å². The number of hydrogen-bond donors (Lipinski definition) is 1. The lowest BCUT2D eigenvalue weighted by Gasteiger charge is -2.22. The van der Waals surface area contributed by atoms with E-state index >= 15 is 0 Å². The SMILES string of the molecule is CC(C)(C)c1ccc(Nc2cc(-c3ccc4c(c3)C(C)(C)c3ccccc3-4)cc(-c3cc4ccccc4o3)c2)cc1. The molecule has 0 spiro atoms. The molecule has 1 N–H and O–H groups in total. The van der Waals surface area contributed by atoms with Crippen LogP contribution in [0.4, 0.5) is 11.4 Å². The summed E-state index contributed by atoms with van der Waals surface area (Å²) in [5.74, 6) is 0.869. The number of furan rings is 1. The summed E-state index contributed by atoms with van der Waals surface area (Å²) in [4.78, 5) is 0. The van der Waals surface area contributed by atoms with Crippen LogP contribution in [0.15, 0.2) is 120 Å². The van der Waals surface area contributed by atoms with Crippen molar-refractivity contribution in [3.05, 3.63) is 132 Å². The third kappa shape index (κ3) is 4.44. The van der Waals surface area contributed by atoms with Crippen molar-refractivity contribution >= 4 is 22.3 Å². The van der Waals surface area contributed by atoms with Gasteiger partial charge in [-0.25, -0.2) is 0 Å². The smallest absolute Gasteiger partial charge is 0.135 e. The Labute approximate surface area is 242 Å². The van der Waals surface area contributed by atoms with E-state index in [9.17, 15) is 0 Å². The Morgan fingerprint density at radius 3 is 2.07 bits per heavy atom. The second-order valence-corrected chi connectivity index (χ2v) is 12.8. The van der Waals surface area contributed by atoms with E-state index < -0.39 is 0 Å². The molecule has 0 amide bonds. The van der Waals surface area contributed by atoms with Crippen LogP contribution < -0.4 is 5.32 Å². The number of para-hydroxylation sites is 1. The highest BCUT2D eigenvalue weighted by atomic mass is 16.3. The summed E-state index contributed by atoms with van der Waals surface area (Å²) in [6, 6.07) is 41.5. The second-order valence-electron chi connectivity index (χ2n) is 12.8. The topological polar surface area (TPSA) is 25.2 Å². The van der Waals surface area contributed by atoms with Gasteiger partial charge < -0.3 is 9.73 Å². The van der Waals surface area contributed by atoms with Gasteiger partial charge in [0.05, 0.1) is 0 Å². The number of rotatable bonds is 4. The molecule has 1 aliphatic carbocycles. The van der Waals surface area contributed by atoms with E-state index in [2.05, 4.69) is 143 Å². The fraction of sp³-hybridized carbons (Fsp3) is 0.179. The molecule has 7 rings (SSSR count). The minimum atomic E-state index is -0.0475. The van der Waals surface area contributed by atoms with Gasteiger partial charge in [-0.1, -0.05) is 101 Å². The van der Waals surface area contributed by atoms with Crippen LogP contribution in [0.2, 0.25) is 0 Å². The van der Waals surface area contributed by atoms with Crippen molar-refractivity contribution in [1.29, 1.82) is 0 Å². The van der Waals surface area contributed by atoms with Crippen LogP contribution in [-0.2, 0) is 10.8 Å². The zero-order chi connectivity index (χ0) is 28.4. The van der Waals surface area contributed by atoms with Gasteiger partial charge in [-0.15, -0.1) is 0 Å². The molecular weight excluding hydrogens is 498 g/mol. The summed E-state index contributed by atoms with van der Waals surface area (Å²) in [6.45, 7) is 11.4. The zero-order valence-corrected chi connectivity index (χ0v) is 24.4. The normalized spacial score (nSPS) is 13.7. The molecule has 2 heteroatoms. The first-order valence-electron chi connectivity index (χ1n) is 14.4. The summed E-state index contributed by atoms with van der Waals surface area (Å²) in [5.41, 5.74) is 13.2. The standard InChI is InChI=1S/C39H35NO/c1-38(2,3)29-15-17-30(18-16-29)40-31-21-27(20-28(22-31)37-24-26-10-6-9-13-36(26)41-37)25-14-19-33-32-11-7-8-12-34(32)39(4,5)35(33)23-25/h6-24,40H,1-5H3. The van der Waals surface area contributed by atoms with Crippen LogP contribution in [-0.4, -0.2) is 0 Å². The van der Waals surface area contributed by atoms with E-state index in [0.717, 1.165) is 39.2 Å². The maximum atomic E-state index is 6.32. The number of hydrogen-bond acceptors (Lipinski definition) is 2. The molecule has 2 nitrogen and oxygen atoms in total. The maximum absolute atomic E-state index is 6.32. The van der Waals surface area contributed by atoms with Crippen molar-refractivity contribution in [2.24, 2.45) is 0 Å². The molecule has 1 aliphatic rings. The van der Waals surface area contributed by atoms with Crippen molar-refractivity contribution in [3.8, 4) is 33.6 Å². The molecule has 202 valence electrons. The third-order valence-electron chi connectivity index (χ3n) is 8.60. The molecule has 0 radical (unpaired) electrons. The van der Waals surface area contributed by atoms with Gasteiger partial charge in [-0.3, -0.25) is 0 Å². The first-order valence-corrected chi connectivity index (χ1v) is 14.4. The van der Waals surface area contributed by atoms with Crippen LogP contribution in [0.3, 0.4) is 0 Å². The lowest BCUT2D eigenvalue weighted by molar-refractivity contribution is 0.590. The van der Waals surface area contributed by atoms with Gasteiger partial charge in [0.25, 0.3) is 0 Å². The second kappa shape index (κ2) is 9.24. The number of benzene rings is 5. The molecule has 1 heterocycles. The minimum Gasteiger partial charge on any atom is -0.456 e. The van der Waals surface area contributed by atoms with Crippen LogP contribution in [0.5, 0.6) is 0 Å². The van der Waals surface area contributed by atoms with E-state index in [1.54, 1.807) is 0 Å². The first kappa shape index (κ1) is 25.4. The molecule has 0 aliphatic heterocycles. The summed E-state index contributed by atoms with van der Waals surface area (Å²) in [5, 5.41) is 4.79. The predicted molar refractivity (Wildman–Crippen MR) is 173 cm³/mol. The molecular formula is C39H35NO. The van der Waals surface area contributed by atoms with Gasteiger partial charge in [-0.2, -0.15) is 0 Å². The van der Waals surface area contributed by atoms with Crippen molar-refractivity contribution in [1.82, 2.24) is 0 Å². The fourth-order valence-corrected chi connectivity index (χ4v) is 6.24. The average Bonchev–Trinajstić information content (AvgIpc) is 3.50. The van der Waals surface area contributed by atoms with E-state index in [1.807, 2.05) is 12.1 Å². The Morgan fingerprint density at radius 1 is 0.585 bits per heavy atom. The molecule has 6 aromatic rings. The Balaban J connectivity index is 1.34. The molecule has 0 saturated carbocycles. The molecule has 0 atom stereocenters. The molecule has 0 saturated heterocycles. The van der Waals surface area contributed by atoms with Gasteiger partial charge in [-0.05, 0) is 92.9 Å². The van der Waals surface area contributed by atoms with Gasteiger partial charge in [0, 0.05) is 27.7 Å². The lowest BCUT2D eigenvalue weighted by atomic mass is 9.81. The van der Waals surface area contributed by atoms with Crippen LogP contribution in [0.25, 0.3) is 44.5 Å². The van der Waals surface area contributed by atoms with Gasteiger partial charge >= 0.3 is 0 Å². The van der Waals surface area contributed by atoms with E-state index in [0.29, 0.717) is 0 Å². The van der Waals surface area contributed by atoms with E-state index in [4.69, 9.17) is 4.42 Å². The Hall–Kier alpha value is -4.56. The molecule has 5 aromatic carbocycles. The highest BCUT2D eigenvalue weighted by Gasteiger charge is 2.35. The highest BCUT2D eigenvalue weighted by Crippen LogP contribution is 2.49. The minimum absolute atomic E-state index is 0.0475. The van der Waals surface area contributed by atoms with Crippen LogP contribution in [0, 0.1) is 0 Å². The maximum Gasteiger partial charge on any atom is 0.135 e. The lowest BCUT2D eigenvalue weighted by Crippen LogP contribution is -2.14. The number of nitrogens with one attached hydrogen (secondary N) is 1. The van der Waals surface area contributed by atoms with Gasteiger partial charge in [0.1, 0.15) is 11.3 Å². The van der Waals surface area contributed by atoms with Crippen molar-refractivity contribution < 1.29 is 4.42 Å². The summed E-state index contributed by atoms with van der Waals surface area (Å²) >= 11 is 0. The van der Waals surface area contributed by atoms with Gasteiger partial charge in [0.15, 0.2) is 0 Å². The van der Waals surface area contributed by atoms with Crippen molar-refractivity contribution in [2.75, 3.05) is 5.32 Å². The molecule has 1 aromatic heterocycles. The molecule has 0 fully saturated rings. The summed E-state index contributed by atoms with van der Waals surface area (Å²) in [6.07, 6.45) is 0. The van der Waals surface area contributed by atoms with Crippen molar-refractivity contribution in [3.63, 3.8) is 0 Å². The van der Waals surface area contributed by atoms with Gasteiger partial charge in [0.2, 0.25) is 0 Å². The predicted octanol–water partition coefficient (Wildman–Crippen LogP) is 11.1. The van der Waals surface area contributed by atoms with Crippen LogP contribution in [0.1, 0.15) is 51.3 Å². The number of fused-ring (bicyclic) bond motifs is 4. The summed E-state index contributed by atoms with van der Waals surface area (Å²) in [7, 11) is 0. The van der Waals surface area contributed by atoms with E-state index in [-0.39, 0.29) is 10.8 Å².